The maximum Gasteiger partial charge on any atom is 0.344 e. The van der Waals surface area contributed by atoms with Crippen LogP contribution in [0.2, 0.25) is 54.4 Å². The van der Waals surface area contributed by atoms with Crippen LogP contribution in [0.3, 0.4) is 0 Å². The summed E-state index contributed by atoms with van der Waals surface area (Å²) in [5.41, 5.74) is 10.7. The highest BCUT2D eigenvalue weighted by molar-refractivity contribution is 7.24. The lowest BCUT2D eigenvalue weighted by Crippen LogP contribution is -2.43. The van der Waals surface area contributed by atoms with Gasteiger partial charge in [-0.15, -0.1) is 11.3 Å². The Bertz CT molecular complexity index is 4060. The molecule has 0 atom stereocenters. The topological polar surface area (TPSA) is 105 Å². The van der Waals surface area contributed by atoms with Crippen molar-refractivity contribution in [3.8, 4) is 69.6 Å². The molecule has 2 aliphatic heterocycles. The van der Waals surface area contributed by atoms with Crippen molar-refractivity contribution in [1.82, 2.24) is 15.0 Å². The standard InChI is InChI=1S/C72H77N3O6SSi3/c1-17-77-68(76)48-78-53-32-30-52(31-33-53)69-65-42-41-63(75-65)58(35-28-50-22-19-25-55(46-50)80-84(13,14)71(5,6)7)61-38-37-60(73-61)57(34-27-49-21-18-24-54(45-49)79-83(11,12)70(2,3)4)62-39-40-64(74-62)59(66-43-44-67(69)82-66)36-29-51-23-20-26-56(47-51)81-85(15,16)72(8,9)10/h18-26,30-33,37-47,73H,17,48H2,1-16H3. The molecule has 13 heteroatoms. The van der Waals surface area contributed by atoms with Gasteiger partial charge in [0.2, 0.25) is 25.0 Å². The summed E-state index contributed by atoms with van der Waals surface area (Å²) in [6.45, 7) is 35.5. The molecule has 0 aliphatic carbocycles. The van der Waals surface area contributed by atoms with Crippen molar-refractivity contribution in [2.45, 2.75) is 124 Å². The van der Waals surface area contributed by atoms with Gasteiger partial charge in [-0.25, -0.2) is 14.8 Å². The molecule has 9 nitrogen and oxygen atoms in total. The predicted molar refractivity (Wildman–Crippen MR) is 361 cm³/mol. The average molecular weight is 1200 g/mol. The first-order chi connectivity index (χ1) is 40.1. The molecule has 0 amide bonds. The highest BCUT2D eigenvalue weighted by Gasteiger charge is 2.41. The van der Waals surface area contributed by atoms with E-state index in [9.17, 15) is 4.79 Å². The molecular weight excluding hydrogens is 1120 g/mol. The number of carbonyl (C=O) groups excluding carboxylic acids is 1. The van der Waals surface area contributed by atoms with Crippen molar-refractivity contribution in [1.29, 1.82) is 0 Å². The Kier molecular flexibility index (Phi) is 17.7. The van der Waals surface area contributed by atoms with Crippen molar-refractivity contribution >= 4 is 87.0 Å². The first-order valence-corrected chi connectivity index (χ1v) is 38.5. The van der Waals surface area contributed by atoms with Crippen LogP contribution in [0.15, 0.2) is 121 Å². The van der Waals surface area contributed by atoms with Gasteiger partial charge in [-0.2, -0.15) is 0 Å². The summed E-state index contributed by atoms with van der Waals surface area (Å²) in [7, 11) is -6.41. The van der Waals surface area contributed by atoms with Crippen molar-refractivity contribution < 1.29 is 27.5 Å². The second-order valence-corrected chi connectivity index (χ2v) is 41.2. The fourth-order valence-corrected chi connectivity index (χ4v) is 12.7. The van der Waals surface area contributed by atoms with Crippen LogP contribution in [-0.4, -0.2) is 59.1 Å². The maximum atomic E-state index is 12.3. The van der Waals surface area contributed by atoms with Gasteiger partial charge in [-0.3, -0.25) is 0 Å². The number of fused-ring (bicyclic) bond motifs is 8. The van der Waals surface area contributed by atoms with Gasteiger partial charge in [0.1, 0.15) is 23.0 Å². The van der Waals surface area contributed by atoms with Gasteiger partial charge in [0.15, 0.2) is 6.61 Å². The number of hydrogen-bond acceptors (Lipinski definition) is 9. The molecule has 8 bridgehead atoms. The molecule has 0 saturated heterocycles. The van der Waals surface area contributed by atoms with E-state index in [1.807, 2.05) is 133 Å². The number of thiophene rings is 1. The SMILES string of the molecule is CCOC(=O)COc1ccc(-c2c3nc(c(C#Cc4cccc(O[Si](C)(C)C(C)(C)C)c4)c4ccc([nH]4)c(C#Cc4cccc(O[Si](C)(C)C(C)(C)C)c4)c4nc(c(C#Cc5cccc(O[Si](C)(C)C(C)(C)C)c5)c5ccc2s5)C=C4)C=C3)cc1. The number of nitrogens with zero attached hydrogens (tertiary/aromatic N) is 2. The Morgan fingerprint density at radius 1 is 0.482 bits per heavy atom. The van der Waals surface area contributed by atoms with E-state index < -0.39 is 30.9 Å². The molecule has 0 spiro atoms. The van der Waals surface area contributed by atoms with E-state index in [1.165, 1.54) is 0 Å². The molecule has 0 unspecified atom stereocenters. The van der Waals surface area contributed by atoms with Gasteiger partial charge in [-0.05, 0) is 182 Å². The molecule has 1 N–H and O–H groups in total. The normalized spacial score (nSPS) is 12.5. The van der Waals surface area contributed by atoms with Gasteiger partial charge in [0.25, 0.3) is 0 Å². The van der Waals surface area contributed by atoms with Crippen LogP contribution in [0, 0.1) is 35.5 Å². The number of ether oxygens (including phenoxy) is 2. The predicted octanol–water partition coefficient (Wildman–Crippen LogP) is 18.3. The van der Waals surface area contributed by atoms with Crippen molar-refractivity contribution in [3.63, 3.8) is 0 Å². The lowest BCUT2D eigenvalue weighted by atomic mass is 10.0. The first-order valence-electron chi connectivity index (χ1n) is 29.0. The van der Waals surface area contributed by atoms with Crippen LogP contribution in [0.4, 0.5) is 0 Å². The smallest absolute Gasteiger partial charge is 0.344 e. The molecular formula is C72H77N3O6SSi3. The number of carbonyl (C=O) groups is 1. The average Bonchev–Trinajstić information content (AvgIpc) is 2.64. The fourth-order valence-electron chi connectivity index (χ4n) is 8.50. The van der Waals surface area contributed by atoms with E-state index >= 15 is 0 Å². The molecule has 0 fully saturated rings. The van der Waals surface area contributed by atoms with E-state index in [2.05, 4.69) is 154 Å². The van der Waals surface area contributed by atoms with Gasteiger partial charge in [-0.1, -0.05) is 128 Å². The second-order valence-electron chi connectivity index (χ2n) is 25.9. The van der Waals surface area contributed by atoms with Crippen LogP contribution in [0.25, 0.3) is 55.9 Å². The van der Waals surface area contributed by atoms with Crippen LogP contribution in [-0.2, 0) is 9.53 Å². The van der Waals surface area contributed by atoms with Crippen molar-refractivity contribution in [2.75, 3.05) is 13.2 Å². The highest BCUT2D eigenvalue weighted by Crippen LogP contribution is 2.41. The summed E-state index contributed by atoms with van der Waals surface area (Å²) in [6.07, 6.45) is 8.13. The Morgan fingerprint density at radius 3 is 1.32 bits per heavy atom. The minimum absolute atomic E-state index is 0.0205. The molecule has 7 aromatic rings. The molecule has 3 aromatic heterocycles. The lowest BCUT2D eigenvalue weighted by Gasteiger charge is -2.36. The Balaban J connectivity index is 1.30. The molecule has 434 valence electrons. The van der Waals surface area contributed by atoms with Crippen molar-refractivity contribution in [3.05, 3.63) is 177 Å². The van der Waals surface area contributed by atoms with Crippen LogP contribution in [0.5, 0.6) is 23.0 Å². The number of hydrogen-bond donors (Lipinski definition) is 1. The zero-order valence-electron chi connectivity index (χ0n) is 52.0. The summed E-state index contributed by atoms with van der Waals surface area (Å²) in [4.78, 5) is 26.9. The summed E-state index contributed by atoms with van der Waals surface area (Å²) in [5, 5.41) is 0.0660. The third-order valence-corrected chi connectivity index (χ3v) is 30.7. The molecule has 85 heavy (non-hydrogen) atoms. The van der Waals surface area contributed by atoms with Crippen molar-refractivity contribution in [2.24, 2.45) is 0 Å². The first kappa shape index (κ1) is 61.5. The van der Waals surface area contributed by atoms with Crippen LogP contribution in [0.1, 0.15) is 125 Å². The van der Waals surface area contributed by atoms with E-state index in [0.717, 1.165) is 76.8 Å². The summed E-state index contributed by atoms with van der Waals surface area (Å²) >= 11 is 1.61. The van der Waals surface area contributed by atoms with Gasteiger partial charge in [0, 0.05) is 31.7 Å². The van der Waals surface area contributed by atoms with Crippen LogP contribution >= 0.6 is 11.3 Å². The number of aromatic amines is 1. The third-order valence-electron chi connectivity index (χ3n) is 16.5. The largest absolute Gasteiger partial charge is 0.543 e. The third kappa shape index (κ3) is 14.5. The monoisotopic (exact) mass is 1200 g/mol. The number of aromatic nitrogens is 3. The Labute approximate surface area is 510 Å². The van der Waals surface area contributed by atoms with E-state index in [-0.39, 0.29) is 28.3 Å². The molecule has 9 rings (SSSR count). The Hall–Kier alpha value is -8.10. The minimum atomic E-state index is -2.14. The minimum Gasteiger partial charge on any atom is -0.543 e. The molecule has 4 aromatic carbocycles. The summed E-state index contributed by atoms with van der Waals surface area (Å²) in [5.74, 6) is 23.8. The van der Waals surface area contributed by atoms with E-state index in [1.54, 1.807) is 18.3 Å². The lowest BCUT2D eigenvalue weighted by molar-refractivity contribution is -0.145. The number of benzene rings is 4. The van der Waals surface area contributed by atoms with E-state index in [4.69, 9.17) is 32.7 Å². The zero-order chi connectivity index (χ0) is 61.1. The maximum absolute atomic E-state index is 12.3. The number of rotatable bonds is 11. The van der Waals surface area contributed by atoms with Gasteiger partial charge < -0.3 is 27.7 Å². The molecule has 0 radical (unpaired) electrons. The summed E-state index contributed by atoms with van der Waals surface area (Å²) < 4.78 is 33.1. The number of nitrogens with one attached hydrogen (secondary N) is 1. The van der Waals surface area contributed by atoms with E-state index in [0.29, 0.717) is 34.0 Å². The molecule has 2 aliphatic rings. The number of H-pyrrole nitrogens is 1. The van der Waals surface area contributed by atoms with Crippen LogP contribution < -0.4 is 18.0 Å². The number of esters is 1. The second kappa shape index (κ2) is 24.5. The summed E-state index contributed by atoms with van der Waals surface area (Å²) in [6, 6.07) is 40.2. The molecule has 0 saturated carbocycles. The highest BCUT2D eigenvalue weighted by atomic mass is 32.1. The van der Waals surface area contributed by atoms with Gasteiger partial charge >= 0.3 is 5.97 Å². The Morgan fingerprint density at radius 2 is 0.882 bits per heavy atom. The fraction of sp³-hybridized carbons (Fsp3) is 0.292. The quantitative estimate of drug-likeness (QED) is 0.0776. The zero-order valence-corrected chi connectivity index (χ0v) is 55.8. The van der Waals surface area contributed by atoms with Gasteiger partial charge in [0.05, 0.1) is 57.1 Å². The molecule has 5 heterocycles.